The van der Waals surface area contributed by atoms with Crippen LogP contribution in [0.25, 0.3) is 0 Å². The lowest BCUT2D eigenvalue weighted by Gasteiger charge is -2.15. The van der Waals surface area contributed by atoms with Crippen molar-refractivity contribution in [1.29, 1.82) is 0 Å². The molecule has 92 valence electrons. The van der Waals surface area contributed by atoms with Gasteiger partial charge in [0, 0.05) is 19.8 Å². The van der Waals surface area contributed by atoms with Crippen molar-refractivity contribution in [3.63, 3.8) is 0 Å². The molecule has 0 spiro atoms. The van der Waals surface area contributed by atoms with Gasteiger partial charge in [0.05, 0.1) is 22.1 Å². The summed E-state index contributed by atoms with van der Waals surface area (Å²) < 4.78 is 4.57. The Morgan fingerprint density at radius 2 is 2.35 bits per heavy atom. The van der Waals surface area contributed by atoms with Crippen molar-refractivity contribution in [2.24, 2.45) is 12.9 Å². The molecule has 1 unspecified atom stereocenters. The predicted octanol–water partition coefficient (Wildman–Crippen LogP) is 0.952. The fourth-order valence-corrected chi connectivity index (χ4v) is 2.33. The van der Waals surface area contributed by atoms with Crippen molar-refractivity contribution in [1.82, 2.24) is 25.0 Å². The summed E-state index contributed by atoms with van der Waals surface area (Å²) in [5.74, 6) is 5.64. The van der Waals surface area contributed by atoms with Gasteiger partial charge in [0.15, 0.2) is 0 Å². The fraction of sp³-hybridized carbons (Fsp3) is 0.400. The van der Waals surface area contributed by atoms with Gasteiger partial charge < -0.3 is 0 Å². The van der Waals surface area contributed by atoms with Gasteiger partial charge in [-0.05, 0) is 28.9 Å². The van der Waals surface area contributed by atoms with Gasteiger partial charge in [0.2, 0.25) is 0 Å². The summed E-state index contributed by atoms with van der Waals surface area (Å²) in [4.78, 5) is 0. The van der Waals surface area contributed by atoms with Crippen LogP contribution in [0, 0.1) is 0 Å². The number of nitrogens with zero attached hydrogens (tertiary/aromatic N) is 4. The minimum absolute atomic E-state index is 0.173. The minimum atomic E-state index is -0.173. The smallest absolute Gasteiger partial charge is 0.108 e. The second-order valence-electron chi connectivity index (χ2n) is 3.71. The third-order valence-corrected chi connectivity index (χ3v) is 3.21. The topological polar surface area (TPSA) is 73.7 Å². The number of aromatic nitrogens is 4. The van der Waals surface area contributed by atoms with Gasteiger partial charge in [-0.25, -0.2) is 5.43 Å². The molecule has 0 amide bonds. The van der Waals surface area contributed by atoms with E-state index in [1.54, 1.807) is 10.9 Å². The average Bonchev–Trinajstić information content (AvgIpc) is 2.89. The van der Waals surface area contributed by atoms with E-state index in [4.69, 9.17) is 5.84 Å². The van der Waals surface area contributed by atoms with Gasteiger partial charge in [-0.1, -0.05) is 0 Å². The highest BCUT2D eigenvalue weighted by molar-refractivity contribution is 9.10. The van der Waals surface area contributed by atoms with Crippen molar-refractivity contribution in [3.8, 4) is 0 Å². The molecule has 2 aromatic heterocycles. The first-order chi connectivity index (χ1) is 8.17. The Morgan fingerprint density at radius 1 is 1.59 bits per heavy atom. The van der Waals surface area contributed by atoms with Crippen LogP contribution in [0.5, 0.6) is 0 Å². The molecule has 0 saturated carbocycles. The van der Waals surface area contributed by atoms with E-state index >= 15 is 0 Å². The van der Waals surface area contributed by atoms with Crippen LogP contribution >= 0.6 is 15.9 Å². The third kappa shape index (κ3) is 2.26. The highest BCUT2D eigenvalue weighted by atomic mass is 79.9. The van der Waals surface area contributed by atoms with Crippen LogP contribution in [-0.2, 0) is 13.6 Å². The zero-order chi connectivity index (χ0) is 12.4. The molecule has 1 atom stereocenters. The maximum absolute atomic E-state index is 5.64. The molecular weight excluding hydrogens is 284 g/mol. The summed E-state index contributed by atoms with van der Waals surface area (Å²) >= 11 is 3.49. The number of aryl methyl sites for hydroxylation is 2. The second kappa shape index (κ2) is 4.99. The van der Waals surface area contributed by atoms with Crippen LogP contribution < -0.4 is 11.3 Å². The molecular formula is C10H15BrN6. The molecule has 0 saturated heterocycles. The lowest BCUT2D eigenvalue weighted by Crippen LogP contribution is -2.31. The standard InChI is InChI=1S/C10H15BrN6/c1-3-17-10(7(11)6-13-17)9(14-12)8-4-5-16(2)15-8/h4-6,9,14H,3,12H2,1-2H3. The monoisotopic (exact) mass is 298 g/mol. The first kappa shape index (κ1) is 12.3. The Kier molecular flexibility index (Phi) is 3.60. The van der Waals surface area contributed by atoms with Crippen LogP contribution in [0.1, 0.15) is 24.4 Å². The predicted molar refractivity (Wildman–Crippen MR) is 68.0 cm³/mol. The largest absolute Gasteiger partial charge is 0.275 e. The number of halogens is 1. The number of hydrazine groups is 1. The highest BCUT2D eigenvalue weighted by Crippen LogP contribution is 2.26. The molecule has 0 bridgehead atoms. The molecule has 0 aliphatic rings. The van der Waals surface area contributed by atoms with E-state index in [9.17, 15) is 0 Å². The summed E-state index contributed by atoms with van der Waals surface area (Å²) in [5.41, 5.74) is 4.63. The zero-order valence-electron chi connectivity index (χ0n) is 9.76. The summed E-state index contributed by atoms with van der Waals surface area (Å²) in [6.45, 7) is 2.82. The van der Waals surface area contributed by atoms with E-state index in [-0.39, 0.29) is 6.04 Å². The van der Waals surface area contributed by atoms with Crippen molar-refractivity contribution in [2.75, 3.05) is 0 Å². The molecule has 0 aliphatic heterocycles. The van der Waals surface area contributed by atoms with Crippen molar-refractivity contribution in [2.45, 2.75) is 19.5 Å². The van der Waals surface area contributed by atoms with E-state index < -0.39 is 0 Å². The van der Waals surface area contributed by atoms with Gasteiger partial charge in [-0.3, -0.25) is 15.2 Å². The minimum Gasteiger partial charge on any atom is -0.275 e. The Morgan fingerprint density at radius 3 is 2.88 bits per heavy atom. The Bertz CT molecular complexity index is 503. The zero-order valence-corrected chi connectivity index (χ0v) is 11.3. The van der Waals surface area contributed by atoms with E-state index in [0.717, 1.165) is 22.4 Å². The quantitative estimate of drug-likeness (QED) is 0.651. The molecule has 0 radical (unpaired) electrons. The molecule has 3 N–H and O–H groups in total. The van der Waals surface area contributed by atoms with Crippen molar-refractivity contribution < 1.29 is 0 Å². The molecule has 7 heteroatoms. The van der Waals surface area contributed by atoms with Gasteiger partial charge in [0.25, 0.3) is 0 Å². The van der Waals surface area contributed by atoms with E-state index in [1.165, 1.54) is 0 Å². The van der Waals surface area contributed by atoms with Crippen LogP contribution in [-0.4, -0.2) is 19.6 Å². The summed E-state index contributed by atoms with van der Waals surface area (Å²) in [6, 6.07) is 1.76. The van der Waals surface area contributed by atoms with E-state index in [2.05, 4.69) is 31.6 Å². The first-order valence-corrected chi connectivity index (χ1v) is 6.13. The van der Waals surface area contributed by atoms with Crippen molar-refractivity contribution in [3.05, 3.63) is 34.3 Å². The van der Waals surface area contributed by atoms with Crippen molar-refractivity contribution >= 4 is 15.9 Å². The number of nitrogens with two attached hydrogens (primary N) is 1. The molecule has 2 heterocycles. The van der Waals surface area contributed by atoms with Crippen LogP contribution in [0.2, 0.25) is 0 Å². The molecule has 0 aromatic carbocycles. The summed E-state index contributed by atoms with van der Waals surface area (Å²) in [5, 5.41) is 8.64. The number of hydrogen-bond donors (Lipinski definition) is 2. The SMILES string of the molecule is CCn1ncc(Br)c1C(NN)c1ccn(C)n1. The normalized spacial score (nSPS) is 12.9. The Hall–Kier alpha value is -1.18. The Balaban J connectivity index is 2.44. The third-order valence-electron chi connectivity index (χ3n) is 2.60. The maximum Gasteiger partial charge on any atom is 0.108 e. The molecule has 17 heavy (non-hydrogen) atoms. The van der Waals surface area contributed by atoms with Gasteiger partial charge in [0.1, 0.15) is 6.04 Å². The second-order valence-corrected chi connectivity index (χ2v) is 4.56. The molecule has 0 fully saturated rings. The van der Waals surface area contributed by atoms with Gasteiger partial charge >= 0.3 is 0 Å². The fourth-order valence-electron chi connectivity index (χ4n) is 1.80. The van der Waals surface area contributed by atoms with Crippen LogP contribution in [0.15, 0.2) is 22.9 Å². The average molecular weight is 299 g/mol. The number of nitrogens with one attached hydrogen (secondary N) is 1. The lowest BCUT2D eigenvalue weighted by atomic mass is 10.1. The maximum atomic E-state index is 5.64. The van der Waals surface area contributed by atoms with E-state index in [1.807, 2.05) is 30.9 Å². The summed E-state index contributed by atoms with van der Waals surface area (Å²) in [7, 11) is 1.88. The highest BCUT2D eigenvalue weighted by Gasteiger charge is 2.22. The van der Waals surface area contributed by atoms with Crippen LogP contribution in [0.3, 0.4) is 0 Å². The van der Waals surface area contributed by atoms with E-state index in [0.29, 0.717) is 0 Å². The number of hydrogen-bond acceptors (Lipinski definition) is 4. The molecule has 6 nitrogen and oxygen atoms in total. The van der Waals surface area contributed by atoms with Gasteiger partial charge in [-0.15, -0.1) is 0 Å². The molecule has 2 rings (SSSR count). The summed E-state index contributed by atoms with van der Waals surface area (Å²) in [6.07, 6.45) is 3.66. The lowest BCUT2D eigenvalue weighted by molar-refractivity contribution is 0.528. The molecule has 2 aromatic rings. The molecule has 0 aliphatic carbocycles. The first-order valence-electron chi connectivity index (χ1n) is 5.34. The van der Waals surface area contributed by atoms with Gasteiger partial charge in [-0.2, -0.15) is 10.2 Å². The number of rotatable bonds is 4. The Labute approximate surface area is 108 Å². The van der Waals surface area contributed by atoms with Crippen LogP contribution in [0.4, 0.5) is 0 Å².